The van der Waals surface area contributed by atoms with Crippen molar-refractivity contribution in [2.24, 2.45) is 0 Å². The fraction of sp³-hybridized carbons (Fsp3) is 0.389. The summed E-state index contributed by atoms with van der Waals surface area (Å²) in [5.74, 6) is 1.31. The van der Waals surface area contributed by atoms with Gasteiger partial charge in [-0.1, -0.05) is 11.3 Å². The van der Waals surface area contributed by atoms with E-state index in [-0.39, 0.29) is 12.2 Å². The third-order valence-electron chi connectivity index (χ3n) is 4.59. The molecule has 2 aromatic heterocycles. The number of nitrogen functional groups attached to an aromatic ring is 1. The van der Waals surface area contributed by atoms with Crippen LogP contribution in [0.15, 0.2) is 24.5 Å². The average molecular weight is 372 g/mol. The minimum atomic E-state index is -0.378. The molecule has 2 heterocycles. The molecule has 7 nitrogen and oxygen atoms in total. The molecule has 136 valence electrons. The molecule has 3 N–H and O–H groups in total. The Balaban J connectivity index is 1.55. The van der Waals surface area contributed by atoms with Crippen LogP contribution in [0.3, 0.4) is 0 Å². The van der Waals surface area contributed by atoms with Crippen molar-refractivity contribution in [2.45, 2.75) is 38.1 Å². The van der Waals surface area contributed by atoms with Gasteiger partial charge < -0.3 is 20.3 Å². The number of thiazole rings is 1. The molecule has 1 fully saturated rings. The van der Waals surface area contributed by atoms with Gasteiger partial charge in [-0.25, -0.2) is 15.0 Å². The van der Waals surface area contributed by atoms with Crippen LogP contribution < -0.4 is 10.5 Å². The molecular weight excluding hydrogens is 352 g/mol. The Kier molecular flexibility index (Phi) is 4.71. The summed E-state index contributed by atoms with van der Waals surface area (Å²) in [5.41, 5.74) is 8.37. The lowest BCUT2D eigenvalue weighted by molar-refractivity contribution is -0.0295. The summed E-state index contributed by atoms with van der Waals surface area (Å²) in [6.07, 6.45) is 5.70. The molecule has 0 amide bonds. The van der Waals surface area contributed by atoms with Crippen LogP contribution in [0.1, 0.15) is 25.1 Å². The molecule has 26 heavy (non-hydrogen) atoms. The maximum Gasteiger partial charge on any atom is 0.181 e. The average Bonchev–Trinajstić information content (AvgIpc) is 3.23. The van der Waals surface area contributed by atoms with E-state index < -0.39 is 0 Å². The first kappa shape index (κ1) is 17.1. The number of aromatic nitrogens is 3. The first-order chi connectivity index (χ1) is 12.7. The highest BCUT2D eigenvalue weighted by Crippen LogP contribution is 2.39. The van der Waals surface area contributed by atoms with E-state index in [0.717, 1.165) is 46.4 Å². The van der Waals surface area contributed by atoms with Crippen LogP contribution in [-0.2, 0) is 11.3 Å². The van der Waals surface area contributed by atoms with Crippen molar-refractivity contribution in [1.82, 2.24) is 15.0 Å². The molecule has 0 radical (unpaired) electrons. The number of ether oxygens (including phenoxy) is 2. The number of rotatable bonds is 5. The maximum absolute atomic E-state index is 9.81. The monoisotopic (exact) mass is 372 g/mol. The van der Waals surface area contributed by atoms with E-state index in [9.17, 15) is 5.11 Å². The second kappa shape index (κ2) is 7.14. The molecule has 0 spiro atoms. The number of hydrogen-bond donors (Lipinski definition) is 2. The van der Waals surface area contributed by atoms with Gasteiger partial charge in [-0.15, -0.1) is 0 Å². The summed E-state index contributed by atoms with van der Waals surface area (Å²) in [4.78, 5) is 13.1. The maximum atomic E-state index is 9.81. The summed E-state index contributed by atoms with van der Waals surface area (Å²) in [6, 6.07) is 3.85. The van der Waals surface area contributed by atoms with Gasteiger partial charge in [0.1, 0.15) is 12.4 Å². The molecule has 0 saturated heterocycles. The first-order valence-corrected chi connectivity index (χ1v) is 9.31. The summed E-state index contributed by atoms with van der Waals surface area (Å²) in [6.45, 7) is 0.295. The van der Waals surface area contributed by atoms with Gasteiger partial charge >= 0.3 is 0 Å². The van der Waals surface area contributed by atoms with E-state index in [2.05, 4.69) is 15.0 Å². The Morgan fingerprint density at radius 2 is 2.08 bits per heavy atom. The van der Waals surface area contributed by atoms with Crippen molar-refractivity contribution in [3.8, 4) is 16.9 Å². The van der Waals surface area contributed by atoms with Gasteiger partial charge in [-0.2, -0.15) is 0 Å². The van der Waals surface area contributed by atoms with Gasteiger partial charge in [0, 0.05) is 23.5 Å². The Morgan fingerprint density at radius 1 is 1.27 bits per heavy atom. The second-order valence-electron chi connectivity index (χ2n) is 6.28. The zero-order valence-corrected chi connectivity index (χ0v) is 15.2. The largest absolute Gasteiger partial charge is 0.495 e. The summed E-state index contributed by atoms with van der Waals surface area (Å²) in [5, 5.41) is 10.3. The van der Waals surface area contributed by atoms with Crippen LogP contribution in [0.2, 0.25) is 0 Å². The Labute approximate surface area is 154 Å². The number of nitrogens with zero attached hydrogens (tertiary/aromatic N) is 3. The van der Waals surface area contributed by atoms with Crippen LogP contribution >= 0.6 is 11.3 Å². The number of aliphatic hydroxyl groups excluding tert-OH is 1. The lowest BCUT2D eigenvalue weighted by atomic mass is 10.1. The zero-order chi connectivity index (χ0) is 18.1. The fourth-order valence-electron chi connectivity index (χ4n) is 3.27. The van der Waals surface area contributed by atoms with Crippen molar-refractivity contribution in [3.05, 3.63) is 30.4 Å². The molecule has 3 aromatic rings. The second-order valence-corrected chi connectivity index (χ2v) is 7.31. The van der Waals surface area contributed by atoms with Crippen molar-refractivity contribution in [2.75, 3.05) is 12.8 Å². The molecule has 4 rings (SSSR count). The number of aliphatic hydroxyl groups is 1. The van der Waals surface area contributed by atoms with Gasteiger partial charge in [0.15, 0.2) is 11.0 Å². The van der Waals surface area contributed by atoms with E-state index in [1.54, 1.807) is 19.5 Å². The van der Waals surface area contributed by atoms with Crippen molar-refractivity contribution < 1.29 is 14.6 Å². The van der Waals surface area contributed by atoms with Crippen molar-refractivity contribution in [1.29, 1.82) is 0 Å². The van der Waals surface area contributed by atoms with E-state index in [0.29, 0.717) is 17.6 Å². The highest BCUT2D eigenvalue weighted by molar-refractivity contribution is 7.22. The van der Waals surface area contributed by atoms with Crippen LogP contribution in [0.25, 0.3) is 21.3 Å². The Morgan fingerprint density at radius 3 is 2.77 bits per heavy atom. The topological polar surface area (TPSA) is 103 Å². The Hall–Kier alpha value is -2.29. The number of benzene rings is 1. The third kappa shape index (κ3) is 3.23. The predicted octanol–water partition coefficient (Wildman–Crippen LogP) is 2.77. The molecular formula is C18H20N4O3S. The molecule has 0 unspecified atom stereocenters. The summed E-state index contributed by atoms with van der Waals surface area (Å²) in [7, 11) is 1.63. The smallest absolute Gasteiger partial charge is 0.181 e. The minimum absolute atomic E-state index is 0.113. The molecule has 2 atom stereocenters. The van der Waals surface area contributed by atoms with E-state index in [1.807, 2.05) is 12.1 Å². The van der Waals surface area contributed by atoms with Crippen molar-refractivity contribution in [3.63, 3.8) is 0 Å². The van der Waals surface area contributed by atoms with Crippen LogP contribution in [-0.4, -0.2) is 39.4 Å². The fourth-order valence-corrected chi connectivity index (χ4v) is 4.12. The van der Waals surface area contributed by atoms with Crippen LogP contribution in [0.4, 0.5) is 5.13 Å². The number of anilines is 1. The Bertz CT molecular complexity index is 913. The molecule has 1 aliphatic rings. The lowest BCUT2D eigenvalue weighted by Crippen LogP contribution is -2.22. The van der Waals surface area contributed by atoms with Gasteiger partial charge in [0.25, 0.3) is 0 Å². The number of methoxy groups -OCH3 is 1. The zero-order valence-electron chi connectivity index (χ0n) is 14.4. The molecule has 0 aliphatic heterocycles. The highest BCUT2D eigenvalue weighted by Gasteiger charge is 2.26. The first-order valence-electron chi connectivity index (χ1n) is 8.49. The molecule has 1 aliphatic carbocycles. The molecule has 8 heteroatoms. The van der Waals surface area contributed by atoms with Crippen LogP contribution in [0, 0.1) is 0 Å². The molecule has 0 bridgehead atoms. The molecule has 1 aromatic carbocycles. The van der Waals surface area contributed by atoms with E-state index in [1.165, 1.54) is 11.3 Å². The van der Waals surface area contributed by atoms with Gasteiger partial charge in [-0.05, 0) is 31.4 Å². The van der Waals surface area contributed by atoms with E-state index >= 15 is 0 Å². The SMILES string of the molecule is COc1c(-c2cnc(CO[C@H]3CCC[C@@H]3O)nc2)ccc2nc(N)sc12. The van der Waals surface area contributed by atoms with Gasteiger partial charge in [0.2, 0.25) is 0 Å². The summed E-state index contributed by atoms with van der Waals surface area (Å²) < 4.78 is 12.2. The molecule has 1 saturated carbocycles. The number of fused-ring (bicyclic) bond motifs is 1. The van der Waals surface area contributed by atoms with E-state index in [4.69, 9.17) is 15.2 Å². The lowest BCUT2D eigenvalue weighted by Gasteiger charge is -2.15. The van der Waals surface area contributed by atoms with Gasteiger partial charge in [0.05, 0.1) is 29.5 Å². The normalized spacial score (nSPS) is 19.9. The number of nitrogens with two attached hydrogens (primary N) is 1. The van der Waals surface area contributed by atoms with Crippen molar-refractivity contribution >= 4 is 26.7 Å². The summed E-state index contributed by atoms with van der Waals surface area (Å²) >= 11 is 1.39. The quantitative estimate of drug-likeness (QED) is 0.710. The standard InChI is InChI=1S/C18H20N4O3S/c1-24-16-11(5-6-12-17(16)26-18(19)22-12)10-7-20-15(21-8-10)9-25-14-4-2-3-13(14)23/h5-8,13-14,23H,2-4,9H2,1H3,(H2,19,22)/t13-,14-/m0/s1. The third-order valence-corrected chi connectivity index (χ3v) is 5.49. The number of hydrogen-bond acceptors (Lipinski definition) is 8. The van der Waals surface area contributed by atoms with Crippen LogP contribution in [0.5, 0.6) is 5.75 Å². The minimum Gasteiger partial charge on any atom is -0.495 e. The predicted molar refractivity (Wildman–Crippen MR) is 100 cm³/mol. The van der Waals surface area contributed by atoms with Gasteiger partial charge in [-0.3, -0.25) is 0 Å². The highest BCUT2D eigenvalue weighted by atomic mass is 32.1.